The van der Waals surface area contributed by atoms with E-state index in [4.69, 9.17) is 4.74 Å². The summed E-state index contributed by atoms with van der Waals surface area (Å²) in [6.07, 6.45) is 0. The van der Waals surface area contributed by atoms with Crippen molar-refractivity contribution in [2.45, 2.75) is 13.8 Å². The van der Waals surface area contributed by atoms with Crippen LogP contribution in [0.4, 0.5) is 5.13 Å². The first-order valence-electron chi connectivity index (χ1n) is 5.60. The van der Waals surface area contributed by atoms with Crippen molar-refractivity contribution < 1.29 is 14.3 Å². The molecule has 2 aromatic heterocycles. The van der Waals surface area contributed by atoms with Gasteiger partial charge in [-0.3, -0.25) is 10.1 Å². The van der Waals surface area contributed by atoms with Crippen LogP contribution in [0.3, 0.4) is 0 Å². The van der Waals surface area contributed by atoms with Gasteiger partial charge in [-0.1, -0.05) is 0 Å². The molecule has 0 saturated heterocycles. The van der Waals surface area contributed by atoms with Crippen molar-refractivity contribution in [3.63, 3.8) is 0 Å². The van der Waals surface area contributed by atoms with Crippen LogP contribution >= 0.6 is 22.7 Å². The van der Waals surface area contributed by atoms with Crippen LogP contribution in [-0.2, 0) is 4.74 Å². The SMILES string of the molecule is CCOC(=O)c1csc(NC(=O)c2ccc(C)s2)n1. The third-order valence-electron chi connectivity index (χ3n) is 2.17. The highest BCUT2D eigenvalue weighted by atomic mass is 32.1. The predicted molar refractivity (Wildman–Crippen MR) is 75.1 cm³/mol. The van der Waals surface area contributed by atoms with Gasteiger partial charge in [0, 0.05) is 10.3 Å². The highest BCUT2D eigenvalue weighted by Crippen LogP contribution is 2.20. The molecule has 0 bridgehead atoms. The number of anilines is 1. The Kier molecular flexibility index (Phi) is 4.28. The molecule has 0 saturated carbocycles. The van der Waals surface area contributed by atoms with Gasteiger partial charge in [-0.25, -0.2) is 9.78 Å². The molecule has 0 radical (unpaired) electrons. The van der Waals surface area contributed by atoms with E-state index in [1.165, 1.54) is 22.7 Å². The number of hydrogen-bond donors (Lipinski definition) is 1. The molecular formula is C12H12N2O3S2. The van der Waals surface area contributed by atoms with Gasteiger partial charge in [-0.15, -0.1) is 22.7 Å². The predicted octanol–water partition coefficient (Wildman–Crippen LogP) is 2.94. The van der Waals surface area contributed by atoms with Crippen LogP contribution in [0.5, 0.6) is 0 Å². The maximum absolute atomic E-state index is 11.9. The topological polar surface area (TPSA) is 68.3 Å². The molecular weight excluding hydrogens is 284 g/mol. The Morgan fingerprint density at radius 1 is 1.42 bits per heavy atom. The number of amides is 1. The van der Waals surface area contributed by atoms with Gasteiger partial charge in [-0.05, 0) is 26.0 Å². The first-order valence-corrected chi connectivity index (χ1v) is 7.30. The molecule has 2 heterocycles. The lowest BCUT2D eigenvalue weighted by atomic mass is 10.4. The number of thiophene rings is 1. The minimum Gasteiger partial charge on any atom is -0.461 e. The van der Waals surface area contributed by atoms with E-state index in [2.05, 4.69) is 10.3 Å². The van der Waals surface area contributed by atoms with E-state index >= 15 is 0 Å². The zero-order valence-electron chi connectivity index (χ0n) is 10.4. The molecule has 5 nitrogen and oxygen atoms in total. The second kappa shape index (κ2) is 5.94. The Morgan fingerprint density at radius 2 is 2.21 bits per heavy atom. The van der Waals surface area contributed by atoms with Gasteiger partial charge >= 0.3 is 5.97 Å². The third kappa shape index (κ3) is 3.39. The van der Waals surface area contributed by atoms with E-state index in [9.17, 15) is 9.59 Å². The van der Waals surface area contributed by atoms with Crippen LogP contribution < -0.4 is 5.32 Å². The van der Waals surface area contributed by atoms with Gasteiger partial charge < -0.3 is 4.74 Å². The summed E-state index contributed by atoms with van der Waals surface area (Å²) in [5, 5.41) is 4.61. The number of nitrogens with one attached hydrogen (secondary N) is 1. The fourth-order valence-corrected chi connectivity index (χ4v) is 2.78. The first-order chi connectivity index (χ1) is 9.10. The highest BCUT2D eigenvalue weighted by molar-refractivity contribution is 7.15. The number of esters is 1. The molecule has 2 aromatic rings. The lowest BCUT2D eigenvalue weighted by Crippen LogP contribution is -2.10. The lowest BCUT2D eigenvalue weighted by Gasteiger charge is -1.98. The van der Waals surface area contributed by atoms with E-state index in [0.717, 1.165) is 4.88 Å². The molecule has 2 rings (SSSR count). The Morgan fingerprint density at radius 3 is 2.84 bits per heavy atom. The number of aryl methyl sites for hydroxylation is 1. The Labute approximate surface area is 118 Å². The minimum atomic E-state index is -0.480. The monoisotopic (exact) mass is 296 g/mol. The molecule has 7 heteroatoms. The number of hydrogen-bond acceptors (Lipinski definition) is 6. The number of thiazole rings is 1. The fourth-order valence-electron chi connectivity index (χ4n) is 1.35. The van der Waals surface area contributed by atoms with Crippen molar-refractivity contribution in [3.8, 4) is 0 Å². The summed E-state index contributed by atoms with van der Waals surface area (Å²) in [5.41, 5.74) is 0.213. The van der Waals surface area contributed by atoms with Crippen molar-refractivity contribution in [1.29, 1.82) is 0 Å². The highest BCUT2D eigenvalue weighted by Gasteiger charge is 2.14. The number of aromatic nitrogens is 1. The molecule has 0 unspecified atom stereocenters. The lowest BCUT2D eigenvalue weighted by molar-refractivity contribution is 0.0520. The molecule has 0 aliphatic rings. The molecule has 0 spiro atoms. The molecule has 1 amide bonds. The van der Waals surface area contributed by atoms with E-state index in [1.807, 2.05) is 13.0 Å². The van der Waals surface area contributed by atoms with Crippen LogP contribution in [0.15, 0.2) is 17.5 Å². The van der Waals surface area contributed by atoms with Crippen LogP contribution in [0.2, 0.25) is 0 Å². The van der Waals surface area contributed by atoms with Gasteiger partial charge in [0.1, 0.15) is 0 Å². The molecule has 1 N–H and O–H groups in total. The van der Waals surface area contributed by atoms with Gasteiger partial charge in [0.25, 0.3) is 5.91 Å². The van der Waals surface area contributed by atoms with Crippen molar-refractivity contribution >= 4 is 39.7 Å². The number of nitrogens with zero attached hydrogens (tertiary/aromatic N) is 1. The summed E-state index contributed by atoms with van der Waals surface area (Å²) < 4.78 is 4.83. The molecule has 0 aliphatic carbocycles. The van der Waals surface area contributed by atoms with Crippen molar-refractivity contribution in [3.05, 3.63) is 33.0 Å². The average Bonchev–Trinajstić information content (AvgIpc) is 2.98. The summed E-state index contributed by atoms with van der Waals surface area (Å²) in [6.45, 7) is 3.96. The van der Waals surface area contributed by atoms with Crippen molar-refractivity contribution in [1.82, 2.24) is 4.98 Å². The van der Waals surface area contributed by atoms with Gasteiger partial charge in [-0.2, -0.15) is 0 Å². The zero-order valence-corrected chi connectivity index (χ0v) is 12.1. The summed E-state index contributed by atoms with van der Waals surface area (Å²) in [4.78, 5) is 29.0. The van der Waals surface area contributed by atoms with E-state index < -0.39 is 5.97 Å². The molecule has 0 aliphatic heterocycles. The number of carbonyl (C=O) groups is 2. The van der Waals surface area contributed by atoms with E-state index in [0.29, 0.717) is 16.6 Å². The maximum Gasteiger partial charge on any atom is 0.357 e. The Balaban J connectivity index is 2.04. The second-order valence-corrected chi connectivity index (χ2v) is 5.77. The van der Waals surface area contributed by atoms with Gasteiger partial charge in [0.05, 0.1) is 11.5 Å². The molecule has 100 valence electrons. The number of rotatable bonds is 4. The smallest absolute Gasteiger partial charge is 0.357 e. The fraction of sp³-hybridized carbons (Fsp3) is 0.250. The number of carbonyl (C=O) groups excluding carboxylic acids is 2. The second-order valence-electron chi connectivity index (χ2n) is 3.62. The maximum atomic E-state index is 11.9. The van der Waals surface area contributed by atoms with Crippen LogP contribution in [-0.4, -0.2) is 23.5 Å². The largest absolute Gasteiger partial charge is 0.461 e. The summed E-state index contributed by atoms with van der Waals surface area (Å²) in [6, 6.07) is 3.64. The van der Waals surface area contributed by atoms with Crippen molar-refractivity contribution in [2.75, 3.05) is 11.9 Å². The molecule has 19 heavy (non-hydrogen) atoms. The summed E-state index contributed by atoms with van der Waals surface area (Å²) in [7, 11) is 0. The molecule has 0 aromatic carbocycles. The minimum absolute atomic E-state index is 0.213. The van der Waals surface area contributed by atoms with E-state index in [1.54, 1.807) is 18.4 Å². The van der Waals surface area contributed by atoms with Crippen LogP contribution in [0, 0.1) is 6.92 Å². The first kappa shape index (κ1) is 13.7. The average molecular weight is 296 g/mol. The third-order valence-corrected chi connectivity index (χ3v) is 3.93. The standard InChI is InChI=1S/C12H12N2O3S2/c1-3-17-11(16)8-6-18-12(13-8)14-10(15)9-5-4-7(2)19-9/h4-6H,3H2,1-2H3,(H,13,14,15). The molecule has 0 fully saturated rings. The Hall–Kier alpha value is -1.73. The summed E-state index contributed by atoms with van der Waals surface area (Å²) in [5.74, 6) is -0.700. The van der Waals surface area contributed by atoms with Gasteiger partial charge in [0.15, 0.2) is 10.8 Å². The Bertz CT molecular complexity index is 604. The zero-order chi connectivity index (χ0) is 13.8. The molecule has 0 atom stereocenters. The normalized spacial score (nSPS) is 10.2. The van der Waals surface area contributed by atoms with Crippen LogP contribution in [0.1, 0.15) is 32.0 Å². The van der Waals surface area contributed by atoms with Crippen molar-refractivity contribution in [2.24, 2.45) is 0 Å². The van der Waals surface area contributed by atoms with Crippen LogP contribution in [0.25, 0.3) is 0 Å². The van der Waals surface area contributed by atoms with E-state index in [-0.39, 0.29) is 11.6 Å². The quantitative estimate of drug-likeness (QED) is 0.881. The number of ether oxygens (including phenoxy) is 1. The summed E-state index contributed by atoms with van der Waals surface area (Å²) >= 11 is 2.60. The van der Waals surface area contributed by atoms with Gasteiger partial charge in [0.2, 0.25) is 0 Å².